The Labute approximate surface area is 93.2 Å². The molecular weight excluding hydrogens is 248 g/mol. The number of hydrogen-bond acceptors (Lipinski definition) is 1. The molecule has 0 heterocycles. The maximum Gasteiger partial charge on any atom is 0.455 e. The van der Waals surface area contributed by atoms with E-state index in [4.69, 9.17) is 5.73 Å². The average molecular weight is 257 g/mol. The van der Waals surface area contributed by atoms with E-state index < -0.39 is 29.5 Å². The smallest absolute Gasteiger partial charge is 0.319 e. The minimum absolute atomic E-state index is 0.0542. The molecule has 96 valence electrons. The monoisotopic (exact) mass is 257 g/mol. The van der Waals surface area contributed by atoms with Gasteiger partial charge in [0.1, 0.15) is 11.9 Å². The van der Waals surface area contributed by atoms with E-state index in [0.29, 0.717) is 0 Å². The summed E-state index contributed by atoms with van der Waals surface area (Å²) in [6.07, 6.45) is -5.74. The SMILES string of the molecule is Cc1cc(F)ccc1[C@@H](N)C(F)(F)C(F)(F)F. The van der Waals surface area contributed by atoms with Gasteiger partial charge in [-0.3, -0.25) is 0 Å². The molecule has 1 aromatic carbocycles. The lowest BCUT2D eigenvalue weighted by molar-refractivity contribution is -0.291. The van der Waals surface area contributed by atoms with E-state index >= 15 is 0 Å². The van der Waals surface area contributed by atoms with Gasteiger partial charge in [-0.05, 0) is 30.2 Å². The van der Waals surface area contributed by atoms with Gasteiger partial charge in [0.15, 0.2) is 0 Å². The van der Waals surface area contributed by atoms with E-state index in [0.717, 1.165) is 18.2 Å². The average Bonchev–Trinajstić information content (AvgIpc) is 2.14. The van der Waals surface area contributed by atoms with E-state index in [2.05, 4.69) is 0 Å². The van der Waals surface area contributed by atoms with Crippen LogP contribution >= 0.6 is 0 Å². The van der Waals surface area contributed by atoms with Crippen LogP contribution in [0.4, 0.5) is 26.3 Å². The molecule has 1 rings (SSSR count). The third-order valence-electron chi connectivity index (χ3n) is 2.34. The lowest BCUT2D eigenvalue weighted by atomic mass is 9.96. The fourth-order valence-corrected chi connectivity index (χ4v) is 1.36. The Hall–Kier alpha value is -1.24. The summed E-state index contributed by atoms with van der Waals surface area (Å²) in [6.45, 7) is 1.21. The van der Waals surface area contributed by atoms with Gasteiger partial charge in [-0.15, -0.1) is 0 Å². The molecule has 0 unspecified atom stereocenters. The van der Waals surface area contributed by atoms with Crippen LogP contribution in [0.25, 0.3) is 0 Å². The Morgan fingerprint density at radius 3 is 2.06 bits per heavy atom. The fourth-order valence-electron chi connectivity index (χ4n) is 1.36. The largest absolute Gasteiger partial charge is 0.455 e. The predicted octanol–water partition coefficient (Wildman–Crippen LogP) is 3.33. The highest BCUT2D eigenvalue weighted by Crippen LogP contribution is 2.43. The van der Waals surface area contributed by atoms with E-state index in [1.165, 1.54) is 6.92 Å². The molecule has 17 heavy (non-hydrogen) atoms. The van der Waals surface area contributed by atoms with Crippen LogP contribution in [0.5, 0.6) is 0 Å². The standard InChI is InChI=1S/C10H9F6N/c1-5-4-6(11)2-3-7(5)8(17)9(12,13)10(14,15)16/h2-4,8H,17H2,1H3/t8-/m1/s1. The first-order valence-electron chi connectivity index (χ1n) is 4.53. The van der Waals surface area contributed by atoms with Crippen molar-refractivity contribution in [3.63, 3.8) is 0 Å². The predicted molar refractivity (Wildman–Crippen MR) is 49.1 cm³/mol. The second-order valence-electron chi connectivity index (χ2n) is 3.60. The summed E-state index contributed by atoms with van der Waals surface area (Å²) in [5.41, 5.74) is 4.43. The molecule has 0 aliphatic carbocycles. The lowest BCUT2D eigenvalue weighted by Gasteiger charge is -2.26. The van der Waals surface area contributed by atoms with Gasteiger partial charge < -0.3 is 5.73 Å². The van der Waals surface area contributed by atoms with Gasteiger partial charge in [0, 0.05) is 0 Å². The topological polar surface area (TPSA) is 26.0 Å². The molecule has 7 heteroatoms. The summed E-state index contributed by atoms with van der Waals surface area (Å²) in [6, 6.07) is -0.0891. The number of halogens is 6. The van der Waals surface area contributed by atoms with Crippen molar-refractivity contribution in [3.05, 3.63) is 35.1 Å². The first-order valence-corrected chi connectivity index (χ1v) is 4.53. The molecule has 0 aliphatic heterocycles. The van der Waals surface area contributed by atoms with Gasteiger partial charge in [0.25, 0.3) is 0 Å². The Morgan fingerprint density at radius 2 is 1.65 bits per heavy atom. The summed E-state index contributed by atoms with van der Waals surface area (Å²) in [5, 5.41) is 0. The number of aryl methyl sites for hydroxylation is 1. The Morgan fingerprint density at radius 1 is 1.12 bits per heavy atom. The highest BCUT2D eigenvalue weighted by Gasteiger charge is 2.61. The number of alkyl halides is 5. The molecule has 2 N–H and O–H groups in total. The van der Waals surface area contributed by atoms with Crippen molar-refractivity contribution in [3.8, 4) is 0 Å². The van der Waals surface area contributed by atoms with E-state index in [-0.39, 0.29) is 5.56 Å². The van der Waals surface area contributed by atoms with Crippen LogP contribution in [0.15, 0.2) is 18.2 Å². The molecule has 0 bridgehead atoms. The number of benzene rings is 1. The van der Waals surface area contributed by atoms with Crippen LogP contribution in [0.2, 0.25) is 0 Å². The first kappa shape index (κ1) is 13.8. The number of hydrogen-bond donors (Lipinski definition) is 1. The molecule has 0 radical (unpaired) electrons. The third kappa shape index (κ3) is 2.54. The molecule has 0 aromatic heterocycles. The molecule has 1 aromatic rings. The Kier molecular flexibility index (Phi) is 3.42. The van der Waals surface area contributed by atoms with Gasteiger partial charge in [0.05, 0.1) is 0 Å². The Bertz CT molecular complexity index is 412. The molecule has 1 atom stereocenters. The van der Waals surface area contributed by atoms with Gasteiger partial charge >= 0.3 is 12.1 Å². The van der Waals surface area contributed by atoms with E-state index in [1.54, 1.807) is 0 Å². The quantitative estimate of drug-likeness (QED) is 0.808. The molecule has 1 nitrogen and oxygen atoms in total. The molecule has 0 aliphatic rings. The van der Waals surface area contributed by atoms with Gasteiger partial charge in [-0.2, -0.15) is 22.0 Å². The number of nitrogens with two attached hydrogens (primary N) is 1. The van der Waals surface area contributed by atoms with Gasteiger partial charge in [-0.1, -0.05) is 6.07 Å². The van der Waals surface area contributed by atoms with E-state index in [1.807, 2.05) is 0 Å². The minimum Gasteiger partial charge on any atom is -0.319 e. The van der Waals surface area contributed by atoms with Crippen molar-refractivity contribution in [1.82, 2.24) is 0 Å². The normalized spacial score (nSPS) is 14.8. The summed E-state index contributed by atoms with van der Waals surface area (Å²) in [4.78, 5) is 0. The van der Waals surface area contributed by atoms with Crippen molar-refractivity contribution in [2.45, 2.75) is 25.1 Å². The second-order valence-corrected chi connectivity index (χ2v) is 3.60. The molecule has 0 saturated carbocycles. The first-order chi connectivity index (χ1) is 7.57. The van der Waals surface area contributed by atoms with Crippen molar-refractivity contribution in [2.75, 3.05) is 0 Å². The van der Waals surface area contributed by atoms with Crippen molar-refractivity contribution in [1.29, 1.82) is 0 Å². The maximum atomic E-state index is 12.9. The van der Waals surface area contributed by atoms with Crippen LogP contribution in [0.1, 0.15) is 17.2 Å². The number of rotatable bonds is 2. The van der Waals surface area contributed by atoms with E-state index in [9.17, 15) is 26.3 Å². The van der Waals surface area contributed by atoms with Crippen LogP contribution in [0, 0.1) is 12.7 Å². The summed E-state index contributed by atoms with van der Waals surface area (Å²) < 4.78 is 74.8. The second kappa shape index (κ2) is 4.21. The highest BCUT2D eigenvalue weighted by molar-refractivity contribution is 5.31. The molecular formula is C10H9F6N. The van der Waals surface area contributed by atoms with Crippen LogP contribution in [0.3, 0.4) is 0 Å². The molecule has 0 saturated heterocycles. The fraction of sp³-hybridized carbons (Fsp3) is 0.400. The van der Waals surface area contributed by atoms with Gasteiger partial charge in [0.2, 0.25) is 0 Å². The van der Waals surface area contributed by atoms with Crippen LogP contribution in [-0.4, -0.2) is 12.1 Å². The van der Waals surface area contributed by atoms with Crippen molar-refractivity contribution < 1.29 is 26.3 Å². The zero-order valence-corrected chi connectivity index (χ0v) is 8.65. The highest BCUT2D eigenvalue weighted by atomic mass is 19.4. The molecule has 0 amide bonds. The molecule has 0 spiro atoms. The summed E-state index contributed by atoms with van der Waals surface area (Å²) >= 11 is 0. The van der Waals surface area contributed by atoms with Gasteiger partial charge in [-0.25, -0.2) is 4.39 Å². The Balaban J connectivity index is 3.17. The maximum absolute atomic E-state index is 12.9. The minimum atomic E-state index is -5.74. The van der Waals surface area contributed by atoms with Crippen LogP contribution in [-0.2, 0) is 0 Å². The van der Waals surface area contributed by atoms with Crippen molar-refractivity contribution >= 4 is 0 Å². The lowest BCUT2D eigenvalue weighted by Crippen LogP contribution is -2.46. The summed E-state index contributed by atoms with van der Waals surface area (Å²) in [5.74, 6) is -5.79. The zero-order valence-electron chi connectivity index (χ0n) is 8.65. The zero-order chi connectivity index (χ0) is 13.4. The third-order valence-corrected chi connectivity index (χ3v) is 2.34. The van der Waals surface area contributed by atoms with Crippen molar-refractivity contribution in [2.24, 2.45) is 5.73 Å². The summed E-state index contributed by atoms with van der Waals surface area (Å²) in [7, 11) is 0. The van der Waals surface area contributed by atoms with Crippen LogP contribution < -0.4 is 5.73 Å². The molecule has 0 fully saturated rings.